The van der Waals surface area contributed by atoms with Crippen LogP contribution in [0.4, 0.5) is 0 Å². The zero-order valence-corrected chi connectivity index (χ0v) is 17.5. The predicted molar refractivity (Wildman–Crippen MR) is 116 cm³/mol. The van der Waals surface area contributed by atoms with E-state index in [4.69, 9.17) is 23.2 Å². The number of imide groups is 1. The molecule has 4 nitrogen and oxygen atoms in total. The fourth-order valence-electron chi connectivity index (χ4n) is 4.00. The summed E-state index contributed by atoms with van der Waals surface area (Å²) in [5, 5.41) is 0.879. The lowest BCUT2D eigenvalue weighted by Gasteiger charge is -2.29. The molecule has 2 amide bonds. The molecule has 0 aliphatic carbocycles. The maximum atomic E-state index is 13.4. The van der Waals surface area contributed by atoms with Gasteiger partial charge in [-0.2, -0.15) is 0 Å². The second-order valence-corrected chi connectivity index (χ2v) is 8.24. The molecule has 2 heterocycles. The minimum absolute atomic E-state index is 0.228. The lowest BCUT2D eigenvalue weighted by atomic mass is 10.0. The highest BCUT2D eigenvalue weighted by Gasteiger charge is 2.42. The van der Waals surface area contributed by atoms with Crippen LogP contribution >= 0.6 is 23.2 Å². The first-order valence-electron chi connectivity index (χ1n) is 9.91. The van der Waals surface area contributed by atoms with Gasteiger partial charge < -0.3 is 4.90 Å². The third-order valence-corrected chi connectivity index (χ3v) is 6.03. The molecule has 0 N–H and O–H groups in total. The number of amides is 2. The maximum Gasteiger partial charge on any atom is 0.277 e. The summed E-state index contributed by atoms with van der Waals surface area (Å²) in [6.45, 7) is 1.89. The van der Waals surface area contributed by atoms with Crippen molar-refractivity contribution in [2.45, 2.75) is 25.7 Å². The molecule has 2 aromatic rings. The Morgan fingerprint density at radius 2 is 1.59 bits per heavy atom. The van der Waals surface area contributed by atoms with E-state index in [0.717, 1.165) is 37.9 Å². The minimum Gasteiger partial charge on any atom is -0.366 e. The average Bonchev–Trinajstić information content (AvgIpc) is 2.98. The number of likely N-dealkylation sites (tertiary alicyclic amines) is 1. The fraction of sp³-hybridized carbons (Fsp3) is 0.304. The molecule has 6 heteroatoms. The maximum absolute atomic E-state index is 13.4. The zero-order chi connectivity index (χ0) is 20.4. The van der Waals surface area contributed by atoms with Crippen molar-refractivity contribution in [1.82, 2.24) is 9.80 Å². The Morgan fingerprint density at radius 3 is 2.28 bits per heavy atom. The minimum atomic E-state index is -0.282. The summed E-state index contributed by atoms with van der Waals surface area (Å²) in [4.78, 5) is 30.1. The van der Waals surface area contributed by atoms with Gasteiger partial charge in [0, 0.05) is 30.2 Å². The van der Waals surface area contributed by atoms with Gasteiger partial charge in [-0.05, 0) is 43.4 Å². The number of piperidine rings is 1. The van der Waals surface area contributed by atoms with Crippen LogP contribution in [0.25, 0.3) is 5.57 Å². The molecule has 0 unspecified atom stereocenters. The quantitative estimate of drug-likeness (QED) is 0.641. The Balaban J connectivity index is 1.69. The van der Waals surface area contributed by atoms with Crippen LogP contribution in [0.3, 0.4) is 0 Å². The van der Waals surface area contributed by atoms with Crippen LogP contribution < -0.4 is 0 Å². The second kappa shape index (κ2) is 8.60. The van der Waals surface area contributed by atoms with E-state index in [1.54, 1.807) is 18.2 Å². The number of benzene rings is 2. The van der Waals surface area contributed by atoms with E-state index in [1.165, 1.54) is 4.90 Å². The van der Waals surface area contributed by atoms with Gasteiger partial charge in [0.2, 0.25) is 0 Å². The molecule has 0 aromatic heterocycles. The van der Waals surface area contributed by atoms with Crippen molar-refractivity contribution in [1.29, 1.82) is 0 Å². The first-order chi connectivity index (χ1) is 14.1. The van der Waals surface area contributed by atoms with E-state index in [1.807, 2.05) is 35.2 Å². The predicted octanol–water partition coefficient (Wildman–Crippen LogP) is 4.80. The number of halogens is 2. The van der Waals surface area contributed by atoms with Crippen molar-refractivity contribution in [3.8, 4) is 0 Å². The SMILES string of the molecule is O=C1C(c2ccc(Cl)cc2Cl)=C(N2CCCCC2)C(=O)N1CCc1ccccc1. The van der Waals surface area contributed by atoms with Crippen molar-refractivity contribution >= 4 is 40.6 Å². The first kappa shape index (κ1) is 20.0. The smallest absolute Gasteiger partial charge is 0.277 e. The Bertz CT molecular complexity index is 966. The summed E-state index contributed by atoms with van der Waals surface area (Å²) < 4.78 is 0. The largest absolute Gasteiger partial charge is 0.366 e. The summed E-state index contributed by atoms with van der Waals surface area (Å²) in [6.07, 6.45) is 3.78. The molecule has 4 rings (SSSR count). The molecule has 0 saturated carbocycles. The van der Waals surface area contributed by atoms with Crippen molar-refractivity contribution < 1.29 is 9.59 Å². The lowest BCUT2D eigenvalue weighted by Crippen LogP contribution is -2.38. The molecule has 0 spiro atoms. The van der Waals surface area contributed by atoms with Crippen LogP contribution in [0.2, 0.25) is 10.0 Å². The Kier molecular flexibility index (Phi) is 5.93. The van der Waals surface area contributed by atoms with Gasteiger partial charge in [-0.1, -0.05) is 59.6 Å². The van der Waals surface area contributed by atoms with Gasteiger partial charge in [0.1, 0.15) is 5.70 Å². The van der Waals surface area contributed by atoms with Crippen molar-refractivity contribution in [2.75, 3.05) is 19.6 Å². The number of hydrogen-bond acceptors (Lipinski definition) is 3. The van der Waals surface area contributed by atoms with Crippen LogP contribution in [0, 0.1) is 0 Å². The third-order valence-electron chi connectivity index (χ3n) is 5.48. The van der Waals surface area contributed by atoms with Gasteiger partial charge in [0.25, 0.3) is 11.8 Å². The molecular weight excluding hydrogens is 407 g/mol. The van der Waals surface area contributed by atoms with Gasteiger partial charge in [0.05, 0.1) is 10.6 Å². The average molecular weight is 429 g/mol. The van der Waals surface area contributed by atoms with Crippen LogP contribution in [-0.4, -0.2) is 41.2 Å². The topological polar surface area (TPSA) is 40.6 Å². The van der Waals surface area contributed by atoms with E-state index < -0.39 is 0 Å². The summed E-state index contributed by atoms with van der Waals surface area (Å²) in [6, 6.07) is 14.9. The third kappa shape index (κ3) is 4.05. The van der Waals surface area contributed by atoms with E-state index >= 15 is 0 Å². The molecule has 0 radical (unpaired) electrons. The summed E-state index contributed by atoms with van der Waals surface area (Å²) in [7, 11) is 0. The lowest BCUT2D eigenvalue weighted by molar-refractivity contribution is -0.137. The monoisotopic (exact) mass is 428 g/mol. The van der Waals surface area contributed by atoms with Gasteiger partial charge in [0.15, 0.2) is 0 Å². The van der Waals surface area contributed by atoms with Gasteiger partial charge in [-0.15, -0.1) is 0 Å². The Labute approximate surface area is 180 Å². The van der Waals surface area contributed by atoms with E-state index in [-0.39, 0.29) is 11.8 Å². The van der Waals surface area contributed by atoms with Gasteiger partial charge in [-0.25, -0.2) is 0 Å². The van der Waals surface area contributed by atoms with E-state index in [0.29, 0.717) is 39.8 Å². The van der Waals surface area contributed by atoms with Gasteiger partial charge >= 0.3 is 0 Å². The van der Waals surface area contributed by atoms with Crippen LogP contribution in [0.5, 0.6) is 0 Å². The number of hydrogen-bond donors (Lipinski definition) is 0. The van der Waals surface area contributed by atoms with Crippen LogP contribution in [0.1, 0.15) is 30.4 Å². The number of carbonyl (C=O) groups excluding carboxylic acids is 2. The highest BCUT2D eigenvalue weighted by Crippen LogP contribution is 2.37. The molecule has 150 valence electrons. The molecule has 0 atom stereocenters. The second-order valence-electron chi connectivity index (χ2n) is 7.39. The standard InChI is InChI=1S/C23H22Cl2N2O2/c24-17-9-10-18(19(25)15-17)20-21(26-12-5-2-6-13-26)23(29)27(22(20)28)14-11-16-7-3-1-4-8-16/h1,3-4,7-10,15H,2,5-6,11-14H2. The number of nitrogens with zero attached hydrogens (tertiary/aromatic N) is 2. The molecule has 0 bridgehead atoms. The fourth-order valence-corrected chi connectivity index (χ4v) is 4.50. The van der Waals surface area contributed by atoms with Crippen LogP contribution in [0.15, 0.2) is 54.2 Å². The number of rotatable bonds is 5. The van der Waals surface area contributed by atoms with Gasteiger partial charge in [-0.3, -0.25) is 14.5 Å². The summed E-state index contributed by atoms with van der Waals surface area (Å²) in [5.41, 5.74) is 2.53. The first-order valence-corrected chi connectivity index (χ1v) is 10.7. The Hall–Kier alpha value is -2.30. The molecule has 2 aromatic carbocycles. The van der Waals surface area contributed by atoms with Crippen LogP contribution in [-0.2, 0) is 16.0 Å². The molecule has 29 heavy (non-hydrogen) atoms. The van der Waals surface area contributed by atoms with Crippen molar-refractivity contribution in [2.24, 2.45) is 0 Å². The summed E-state index contributed by atoms with van der Waals surface area (Å²) in [5.74, 6) is -0.510. The molecular formula is C23H22Cl2N2O2. The molecule has 2 aliphatic heterocycles. The van der Waals surface area contributed by atoms with E-state index in [2.05, 4.69) is 0 Å². The molecule has 1 saturated heterocycles. The van der Waals surface area contributed by atoms with E-state index in [9.17, 15) is 9.59 Å². The van der Waals surface area contributed by atoms with Crippen molar-refractivity contribution in [3.05, 3.63) is 75.4 Å². The normalized spacial score (nSPS) is 17.4. The summed E-state index contributed by atoms with van der Waals surface area (Å²) >= 11 is 12.5. The molecule has 1 fully saturated rings. The Morgan fingerprint density at radius 1 is 0.862 bits per heavy atom. The highest BCUT2D eigenvalue weighted by molar-refractivity contribution is 6.41. The molecule has 2 aliphatic rings. The highest BCUT2D eigenvalue weighted by atomic mass is 35.5. The van der Waals surface area contributed by atoms with Crippen molar-refractivity contribution in [3.63, 3.8) is 0 Å². The zero-order valence-electron chi connectivity index (χ0n) is 16.0. The number of carbonyl (C=O) groups is 2.